The predicted molar refractivity (Wildman–Crippen MR) is 321 cm³/mol. The van der Waals surface area contributed by atoms with Crippen molar-refractivity contribution < 1.29 is 28.5 Å². The highest BCUT2D eigenvalue weighted by Gasteiger charge is 2.29. The molecule has 83 heavy (non-hydrogen) atoms. The molecule has 2 aromatic carbocycles. The Kier molecular flexibility index (Phi) is 21.3. The molecule has 436 valence electrons. The van der Waals surface area contributed by atoms with Crippen LogP contribution in [0.5, 0.6) is 11.5 Å². The van der Waals surface area contributed by atoms with Crippen LogP contribution in [0.15, 0.2) is 85.3 Å². The topological polar surface area (TPSA) is 298 Å². The molecule has 0 amide bonds. The summed E-state index contributed by atoms with van der Waals surface area (Å²) in [5, 5.41) is 64.3. The predicted octanol–water partition coefficient (Wildman–Crippen LogP) is 7.61. The summed E-state index contributed by atoms with van der Waals surface area (Å²) in [6.07, 6.45) is 6.38. The maximum absolute atomic E-state index is 12.8. The third-order valence-corrected chi connectivity index (χ3v) is 16.3. The smallest absolute Gasteiger partial charge is 0.207 e. The number of rotatable bonds is 21. The first kappa shape index (κ1) is 60.3. The van der Waals surface area contributed by atoms with Gasteiger partial charge in [-0.1, -0.05) is 93.1 Å². The van der Waals surface area contributed by atoms with Gasteiger partial charge in [0, 0.05) is 89.8 Å². The summed E-state index contributed by atoms with van der Waals surface area (Å²) in [6.45, 7) is 4.93. The summed E-state index contributed by atoms with van der Waals surface area (Å²) < 4.78 is 21.2. The van der Waals surface area contributed by atoms with E-state index in [1.807, 2.05) is 54.6 Å². The van der Waals surface area contributed by atoms with Crippen LogP contribution in [-0.4, -0.2) is 159 Å². The zero-order valence-electron chi connectivity index (χ0n) is 45.3. The second kappa shape index (κ2) is 29.3. The first-order valence-corrected chi connectivity index (χ1v) is 29.5. The van der Waals surface area contributed by atoms with E-state index in [0.29, 0.717) is 46.5 Å². The maximum atomic E-state index is 12.8. The Balaban J connectivity index is 0.000000155. The molecule has 8 aromatic rings. The Morgan fingerprint density at radius 1 is 0.530 bits per heavy atom. The van der Waals surface area contributed by atoms with E-state index in [-0.39, 0.29) is 36.5 Å². The lowest BCUT2D eigenvalue weighted by molar-refractivity contribution is -0.129. The van der Waals surface area contributed by atoms with Crippen molar-refractivity contribution in [3.05, 3.63) is 122 Å². The molecule has 0 spiro atoms. The molecular formula is C52H58Cl3N19O6S3. The zero-order chi connectivity index (χ0) is 58.2. The van der Waals surface area contributed by atoms with Crippen LogP contribution in [0.1, 0.15) is 52.6 Å². The first-order chi connectivity index (χ1) is 40.3. The standard InChI is InChI=1S/2C21H23ClN6O3S.C10H12ClN7S/c2*1-30-16-5-3-13(4-6-16)20(31-2)17(29)10-19-26-27-21(32-19)24-15-7-8-28(12-15)18-9-14(22)11-23-25-18;11-6-3-8(15-13-4-6)18-2-1-7(5-18)14-10-17-16-9(12)19-10/h2*3-6,9,11,15,20H,7-8,10,12H2,1-2H3,(H,24,27);3-4,7H,1-2,5H2,(H2,12,16)(H,14,17)/t15-,20+;15-,20-;7-/m111/s1. The lowest BCUT2D eigenvalue weighted by Gasteiger charge is -2.17. The van der Waals surface area contributed by atoms with E-state index in [1.165, 1.54) is 66.8 Å². The van der Waals surface area contributed by atoms with Gasteiger partial charge in [0.2, 0.25) is 20.5 Å². The van der Waals surface area contributed by atoms with E-state index in [0.717, 1.165) is 104 Å². The maximum Gasteiger partial charge on any atom is 0.207 e. The molecule has 31 heteroatoms. The van der Waals surface area contributed by atoms with E-state index in [2.05, 4.69) is 91.8 Å². The zero-order valence-corrected chi connectivity index (χ0v) is 50.1. The molecule has 3 fully saturated rings. The van der Waals surface area contributed by atoms with E-state index in [9.17, 15) is 9.59 Å². The van der Waals surface area contributed by atoms with Crippen molar-refractivity contribution in [2.45, 2.75) is 62.4 Å². The molecule has 0 saturated carbocycles. The number of aromatic nitrogens is 12. The quantitative estimate of drug-likeness (QED) is 0.0538. The van der Waals surface area contributed by atoms with E-state index >= 15 is 0 Å². The van der Waals surface area contributed by atoms with Crippen LogP contribution in [0.25, 0.3) is 0 Å². The van der Waals surface area contributed by atoms with Gasteiger partial charge in [-0.25, -0.2) is 0 Å². The monoisotopic (exact) mass is 1250 g/mol. The number of carbonyl (C=O) groups excluding carboxylic acids is 2. The molecule has 5 atom stereocenters. The van der Waals surface area contributed by atoms with Gasteiger partial charge in [0.25, 0.3) is 0 Å². The highest BCUT2D eigenvalue weighted by molar-refractivity contribution is 7.18. The number of nitrogens with one attached hydrogen (secondary N) is 3. The molecule has 0 aliphatic carbocycles. The summed E-state index contributed by atoms with van der Waals surface area (Å²) in [5.41, 5.74) is 7.10. The molecule has 0 radical (unpaired) electrons. The van der Waals surface area contributed by atoms with Gasteiger partial charge in [-0.05, 0) is 54.7 Å². The summed E-state index contributed by atoms with van der Waals surface area (Å²) >= 11 is 22.1. The minimum Gasteiger partial charge on any atom is -0.497 e. The molecule has 0 bridgehead atoms. The van der Waals surface area contributed by atoms with Crippen molar-refractivity contribution in [3.63, 3.8) is 0 Å². The minimum absolute atomic E-state index is 0.0769. The number of methoxy groups -OCH3 is 4. The number of halogens is 3. The Labute approximate surface area is 504 Å². The summed E-state index contributed by atoms with van der Waals surface area (Å²) in [4.78, 5) is 32.0. The number of ketones is 2. The molecule has 25 nitrogen and oxygen atoms in total. The molecule has 3 aliphatic heterocycles. The van der Waals surface area contributed by atoms with Crippen LogP contribution in [0.3, 0.4) is 0 Å². The number of hydrogen-bond donors (Lipinski definition) is 4. The van der Waals surface area contributed by atoms with Crippen LogP contribution in [0, 0.1) is 0 Å². The van der Waals surface area contributed by atoms with Gasteiger partial charge in [0.15, 0.2) is 29.0 Å². The number of hydrogen-bond acceptors (Lipinski definition) is 28. The number of carbonyl (C=O) groups is 2. The largest absolute Gasteiger partial charge is 0.497 e. The normalized spacial score (nSPS) is 17.2. The van der Waals surface area contributed by atoms with Gasteiger partial charge >= 0.3 is 0 Å². The van der Waals surface area contributed by atoms with Crippen LogP contribution >= 0.6 is 68.8 Å². The van der Waals surface area contributed by atoms with Crippen molar-refractivity contribution in [2.75, 3.05) is 104 Å². The fourth-order valence-corrected chi connectivity index (χ4v) is 11.9. The van der Waals surface area contributed by atoms with Crippen molar-refractivity contribution in [2.24, 2.45) is 0 Å². The molecule has 9 heterocycles. The average Bonchev–Trinajstić information content (AvgIpc) is 4.58. The summed E-state index contributed by atoms with van der Waals surface area (Å²) in [5.74, 6) is 3.61. The number of anilines is 7. The molecule has 0 unspecified atom stereocenters. The van der Waals surface area contributed by atoms with Crippen LogP contribution in [0.2, 0.25) is 15.1 Å². The highest BCUT2D eigenvalue weighted by atomic mass is 35.5. The van der Waals surface area contributed by atoms with Gasteiger partial charge in [0.05, 0.1) is 60.7 Å². The number of nitrogen functional groups attached to an aromatic ring is 1. The average molecular weight is 1250 g/mol. The second-order valence-electron chi connectivity index (χ2n) is 18.9. The van der Waals surface area contributed by atoms with Crippen LogP contribution < -0.4 is 45.9 Å². The molecule has 6 aromatic heterocycles. The fourth-order valence-electron chi connectivity index (χ4n) is 9.25. The molecular weight excluding hydrogens is 1190 g/mol. The third-order valence-electron chi connectivity index (χ3n) is 13.3. The lowest BCUT2D eigenvalue weighted by atomic mass is 10.0. The fraction of sp³-hybridized carbons (Fsp3) is 0.385. The lowest BCUT2D eigenvalue weighted by Crippen LogP contribution is -2.26. The Hall–Kier alpha value is -7.31. The third kappa shape index (κ3) is 16.9. The van der Waals surface area contributed by atoms with Crippen molar-refractivity contribution in [1.29, 1.82) is 0 Å². The number of Topliss-reactive ketones (excluding diaryl/α,β-unsaturated/α-hetero) is 2. The number of benzene rings is 2. The Bertz CT molecular complexity index is 3220. The molecule has 11 rings (SSSR count). The Morgan fingerprint density at radius 3 is 1.19 bits per heavy atom. The van der Waals surface area contributed by atoms with Gasteiger partial charge in [0.1, 0.15) is 33.7 Å². The molecule has 5 N–H and O–H groups in total. The van der Waals surface area contributed by atoms with E-state index in [4.69, 9.17) is 59.5 Å². The number of nitrogens with zero attached hydrogens (tertiary/aromatic N) is 15. The first-order valence-electron chi connectivity index (χ1n) is 25.9. The Morgan fingerprint density at radius 2 is 0.880 bits per heavy atom. The van der Waals surface area contributed by atoms with Crippen LogP contribution in [-0.2, 0) is 31.9 Å². The van der Waals surface area contributed by atoms with E-state index < -0.39 is 12.2 Å². The van der Waals surface area contributed by atoms with Crippen molar-refractivity contribution >= 4 is 118 Å². The minimum atomic E-state index is -0.664. The number of nitrogens with two attached hydrogens (primary N) is 1. The van der Waals surface area contributed by atoms with Crippen LogP contribution in [0.4, 0.5) is 38.0 Å². The molecule has 3 saturated heterocycles. The van der Waals surface area contributed by atoms with Gasteiger partial charge in [-0.3, -0.25) is 9.59 Å². The molecule has 3 aliphatic rings. The van der Waals surface area contributed by atoms with Gasteiger partial charge in [-0.15, -0.1) is 45.9 Å². The van der Waals surface area contributed by atoms with E-state index in [1.54, 1.807) is 26.4 Å². The van der Waals surface area contributed by atoms with Gasteiger partial charge < -0.3 is 55.3 Å². The highest BCUT2D eigenvalue weighted by Crippen LogP contribution is 2.30. The summed E-state index contributed by atoms with van der Waals surface area (Å²) in [7, 11) is 6.25. The van der Waals surface area contributed by atoms with Crippen molar-refractivity contribution in [3.8, 4) is 11.5 Å². The van der Waals surface area contributed by atoms with Gasteiger partial charge in [-0.2, -0.15) is 15.3 Å². The second-order valence-corrected chi connectivity index (χ2v) is 23.4. The van der Waals surface area contributed by atoms with Crippen molar-refractivity contribution in [1.82, 2.24) is 61.2 Å². The summed E-state index contributed by atoms with van der Waals surface area (Å²) in [6, 6.07) is 20.7. The number of ether oxygens (including phenoxy) is 4. The SMILES string of the molecule is COc1ccc([C@@H](OC)C(=O)Cc2nnc(N[C@@H]3CCN(c4cc(Cl)cnn4)C3)s2)cc1.COc1ccc([C@H](OC)C(=O)Cc2nnc(N[C@@H]3CCN(c4cc(Cl)cnn4)C3)s2)cc1.Nc1nnc(N[C@@H]2CCN(c3cc(Cl)cnn3)C2)s1.